The van der Waals surface area contributed by atoms with Crippen molar-refractivity contribution >= 4 is 0 Å². The van der Waals surface area contributed by atoms with Crippen LogP contribution in [0, 0.1) is 13.8 Å². The first-order valence-corrected chi connectivity index (χ1v) is 4.93. The quantitative estimate of drug-likeness (QED) is 0.697. The zero-order chi connectivity index (χ0) is 9.42. The molecular weight excluding hydrogens is 160 g/mol. The number of hydrogen-bond acceptors (Lipinski definition) is 1. The van der Waals surface area contributed by atoms with E-state index in [1.54, 1.807) is 0 Å². The van der Waals surface area contributed by atoms with Crippen LogP contribution in [-0.2, 0) is 0 Å². The lowest BCUT2D eigenvalue weighted by Gasteiger charge is -2.33. The third kappa shape index (κ3) is 1.61. The maximum Gasteiger partial charge on any atom is 0.0609 e. The molecule has 1 aromatic rings. The standard InChI is InChI=1S/C12H16O/c1-8-5-9(2)7-10(6-8)11-3-4-12(11)13/h5-7,11-13H,3-4H2,1-2H3. The molecule has 1 N–H and O–H groups in total. The Morgan fingerprint density at radius 3 is 2.08 bits per heavy atom. The number of aliphatic hydroxyl groups is 1. The van der Waals surface area contributed by atoms with Gasteiger partial charge in [-0.2, -0.15) is 0 Å². The zero-order valence-electron chi connectivity index (χ0n) is 8.25. The molecule has 1 heteroatoms. The molecule has 0 saturated heterocycles. The molecule has 0 heterocycles. The van der Waals surface area contributed by atoms with Gasteiger partial charge in [-0.25, -0.2) is 0 Å². The Hall–Kier alpha value is -0.820. The van der Waals surface area contributed by atoms with Crippen molar-refractivity contribution in [2.75, 3.05) is 0 Å². The van der Waals surface area contributed by atoms with Crippen molar-refractivity contribution < 1.29 is 5.11 Å². The second-order valence-corrected chi connectivity index (χ2v) is 4.17. The molecule has 2 atom stereocenters. The van der Waals surface area contributed by atoms with E-state index >= 15 is 0 Å². The van der Waals surface area contributed by atoms with Crippen LogP contribution in [0.5, 0.6) is 0 Å². The van der Waals surface area contributed by atoms with Gasteiger partial charge in [0.2, 0.25) is 0 Å². The van der Waals surface area contributed by atoms with Gasteiger partial charge in [-0.15, -0.1) is 0 Å². The van der Waals surface area contributed by atoms with E-state index in [-0.39, 0.29) is 6.10 Å². The van der Waals surface area contributed by atoms with E-state index in [1.165, 1.54) is 16.7 Å². The Kier molecular flexibility index (Phi) is 2.12. The predicted molar refractivity (Wildman–Crippen MR) is 53.9 cm³/mol. The van der Waals surface area contributed by atoms with Gasteiger partial charge in [0, 0.05) is 5.92 Å². The first-order valence-electron chi connectivity index (χ1n) is 4.93. The first-order chi connectivity index (χ1) is 6.16. The Morgan fingerprint density at radius 2 is 1.69 bits per heavy atom. The summed E-state index contributed by atoms with van der Waals surface area (Å²) < 4.78 is 0. The Balaban J connectivity index is 2.29. The molecule has 0 aliphatic heterocycles. The van der Waals surface area contributed by atoms with Crippen LogP contribution in [-0.4, -0.2) is 11.2 Å². The van der Waals surface area contributed by atoms with Crippen LogP contribution in [0.4, 0.5) is 0 Å². The maximum atomic E-state index is 9.54. The molecule has 1 aliphatic carbocycles. The summed E-state index contributed by atoms with van der Waals surface area (Å²) in [7, 11) is 0. The lowest BCUT2D eigenvalue weighted by Crippen LogP contribution is -2.28. The zero-order valence-corrected chi connectivity index (χ0v) is 8.25. The van der Waals surface area contributed by atoms with E-state index in [1.807, 2.05) is 0 Å². The smallest absolute Gasteiger partial charge is 0.0609 e. The van der Waals surface area contributed by atoms with Gasteiger partial charge in [0.05, 0.1) is 6.10 Å². The van der Waals surface area contributed by atoms with Crippen LogP contribution in [0.15, 0.2) is 18.2 Å². The fourth-order valence-electron chi connectivity index (χ4n) is 2.10. The Morgan fingerprint density at radius 1 is 1.08 bits per heavy atom. The van der Waals surface area contributed by atoms with E-state index in [0.717, 1.165) is 12.8 Å². The summed E-state index contributed by atoms with van der Waals surface area (Å²) in [6.45, 7) is 4.23. The molecule has 0 radical (unpaired) electrons. The molecule has 1 nitrogen and oxygen atoms in total. The molecule has 2 unspecified atom stereocenters. The molecule has 0 bridgehead atoms. The number of hydrogen-bond donors (Lipinski definition) is 1. The monoisotopic (exact) mass is 176 g/mol. The van der Waals surface area contributed by atoms with Gasteiger partial charge in [0.25, 0.3) is 0 Å². The van der Waals surface area contributed by atoms with E-state index < -0.39 is 0 Å². The SMILES string of the molecule is Cc1cc(C)cc(C2CCC2O)c1. The summed E-state index contributed by atoms with van der Waals surface area (Å²) >= 11 is 0. The van der Waals surface area contributed by atoms with Crippen molar-refractivity contribution in [3.63, 3.8) is 0 Å². The molecule has 0 spiro atoms. The fourth-order valence-corrected chi connectivity index (χ4v) is 2.10. The molecular formula is C12H16O. The predicted octanol–water partition coefficient (Wildman–Crippen LogP) is 2.54. The van der Waals surface area contributed by atoms with Gasteiger partial charge in [0.1, 0.15) is 0 Å². The number of aryl methyl sites for hydroxylation is 2. The molecule has 13 heavy (non-hydrogen) atoms. The summed E-state index contributed by atoms with van der Waals surface area (Å²) in [4.78, 5) is 0. The van der Waals surface area contributed by atoms with Crippen LogP contribution < -0.4 is 0 Å². The molecule has 1 saturated carbocycles. The van der Waals surface area contributed by atoms with Gasteiger partial charge in [-0.05, 0) is 32.3 Å². The van der Waals surface area contributed by atoms with Crippen LogP contribution in [0.25, 0.3) is 0 Å². The fraction of sp³-hybridized carbons (Fsp3) is 0.500. The average molecular weight is 176 g/mol. The van der Waals surface area contributed by atoms with Crippen molar-refractivity contribution in [2.24, 2.45) is 0 Å². The molecule has 1 fully saturated rings. The molecule has 1 aliphatic rings. The highest BCUT2D eigenvalue weighted by molar-refractivity contribution is 5.32. The van der Waals surface area contributed by atoms with Gasteiger partial charge in [-0.3, -0.25) is 0 Å². The summed E-state index contributed by atoms with van der Waals surface area (Å²) in [5, 5.41) is 9.54. The molecule has 1 aromatic carbocycles. The maximum absolute atomic E-state index is 9.54. The van der Waals surface area contributed by atoms with E-state index in [4.69, 9.17) is 0 Å². The van der Waals surface area contributed by atoms with E-state index in [2.05, 4.69) is 32.0 Å². The summed E-state index contributed by atoms with van der Waals surface area (Å²) in [6.07, 6.45) is 2.02. The summed E-state index contributed by atoms with van der Waals surface area (Å²) in [5.41, 5.74) is 3.92. The third-order valence-electron chi connectivity index (χ3n) is 2.91. The highest BCUT2D eigenvalue weighted by Crippen LogP contribution is 2.37. The molecule has 2 rings (SSSR count). The van der Waals surface area contributed by atoms with Crippen molar-refractivity contribution in [3.8, 4) is 0 Å². The van der Waals surface area contributed by atoms with Gasteiger partial charge >= 0.3 is 0 Å². The number of benzene rings is 1. The molecule has 0 amide bonds. The highest BCUT2D eigenvalue weighted by atomic mass is 16.3. The number of rotatable bonds is 1. The lowest BCUT2D eigenvalue weighted by atomic mass is 9.76. The van der Waals surface area contributed by atoms with Crippen LogP contribution >= 0.6 is 0 Å². The summed E-state index contributed by atoms with van der Waals surface area (Å²) in [6, 6.07) is 6.56. The van der Waals surface area contributed by atoms with Crippen molar-refractivity contribution in [2.45, 2.75) is 38.7 Å². The van der Waals surface area contributed by atoms with Crippen LogP contribution in [0.3, 0.4) is 0 Å². The lowest BCUT2D eigenvalue weighted by molar-refractivity contribution is 0.0661. The Labute approximate surface area is 79.4 Å². The second-order valence-electron chi connectivity index (χ2n) is 4.17. The van der Waals surface area contributed by atoms with E-state index in [0.29, 0.717) is 5.92 Å². The van der Waals surface area contributed by atoms with Crippen molar-refractivity contribution in [1.29, 1.82) is 0 Å². The van der Waals surface area contributed by atoms with Crippen molar-refractivity contribution in [1.82, 2.24) is 0 Å². The topological polar surface area (TPSA) is 20.2 Å². The summed E-state index contributed by atoms with van der Waals surface area (Å²) in [5.74, 6) is 0.401. The average Bonchev–Trinajstić information content (AvgIpc) is 1.99. The highest BCUT2D eigenvalue weighted by Gasteiger charge is 2.30. The van der Waals surface area contributed by atoms with Crippen LogP contribution in [0.1, 0.15) is 35.4 Å². The van der Waals surface area contributed by atoms with Gasteiger partial charge in [0.15, 0.2) is 0 Å². The minimum Gasteiger partial charge on any atom is -0.392 e. The third-order valence-corrected chi connectivity index (χ3v) is 2.91. The van der Waals surface area contributed by atoms with Gasteiger partial charge < -0.3 is 5.11 Å². The minimum atomic E-state index is -0.0961. The van der Waals surface area contributed by atoms with Crippen LogP contribution in [0.2, 0.25) is 0 Å². The minimum absolute atomic E-state index is 0.0961. The van der Waals surface area contributed by atoms with Crippen molar-refractivity contribution in [3.05, 3.63) is 34.9 Å². The molecule has 0 aromatic heterocycles. The molecule has 70 valence electrons. The normalized spacial score (nSPS) is 27.0. The van der Waals surface area contributed by atoms with E-state index in [9.17, 15) is 5.11 Å². The Bertz CT molecular complexity index is 297. The number of aliphatic hydroxyl groups excluding tert-OH is 1. The van der Waals surface area contributed by atoms with Gasteiger partial charge in [-0.1, -0.05) is 29.3 Å². The largest absolute Gasteiger partial charge is 0.392 e. The first kappa shape index (κ1) is 8.76. The second kappa shape index (κ2) is 3.15.